The summed E-state index contributed by atoms with van der Waals surface area (Å²) in [5.41, 5.74) is 0.393. The Bertz CT molecular complexity index is 507. The molecule has 1 aromatic rings. The van der Waals surface area contributed by atoms with Crippen molar-refractivity contribution in [3.8, 4) is 0 Å². The number of carbonyl (C=O) groups excluding carboxylic acids is 1. The summed E-state index contributed by atoms with van der Waals surface area (Å²) < 4.78 is 10.1. The van der Waals surface area contributed by atoms with Crippen molar-refractivity contribution in [2.45, 2.75) is 6.10 Å². The Balaban J connectivity index is 2.91. The predicted octanol–water partition coefficient (Wildman–Crippen LogP) is 1.03. The highest BCUT2D eigenvalue weighted by Crippen LogP contribution is 2.25. The van der Waals surface area contributed by atoms with Crippen LogP contribution in [0.3, 0.4) is 0 Å². The van der Waals surface area contributed by atoms with E-state index < -0.39 is 4.92 Å². The molecule has 0 spiro atoms. The molecule has 0 saturated carbocycles. The van der Waals surface area contributed by atoms with E-state index in [2.05, 4.69) is 10.6 Å². The molecule has 0 saturated heterocycles. The molecule has 0 heterocycles. The van der Waals surface area contributed by atoms with Gasteiger partial charge in [-0.25, -0.2) is 0 Å². The van der Waals surface area contributed by atoms with Crippen LogP contribution in [0, 0.1) is 10.1 Å². The zero-order valence-corrected chi connectivity index (χ0v) is 12.2. The molecule has 8 nitrogen and oxygen atoms in total. The number of nitrogens with zero attached hydrogens (tertiary/aromatic N) is 1. The van der Waals surface area contributed by atoms with Gasteiger partial charge < -0.3 is 20.1 Å². The Morgan fingerprint density at radius 1 is 1.43 bits per heavy atom. The summed E-state index contributed by atoms with van der Waals surface area (Å²) in [6.45, 7) is 0.720. The maximum Gasteiger partial charge on any atom is 0.293 e. The molecule has 1 aromatic carbocycles. The average molecular weight is 297 g/mol. The van der Waals surface area contributed by atoms with Crippen LogP contribution >= 0.6 is 0 Å². The van der Waals surface area contributed by atoms with E-state index in [-0.39, 0.29) is 23.3 Å². The molecule has 0 aliphatic heterocycles. The molecule has 0 fully saturated rings. The van der Waals surface area contributed by atoms with Gasteiger partial charge in [0.15, 0.2) is 0 Å². The molecule has 0 radical (unpaired) electrons. The molecular weight excluding hydrogens is 278 g/mol. The second-order valence-corrected chi connectivity index (χ2v) is 4.26. The van der Waals surface area contributed by atoms with Crippen LogP contribution in [0.4, 0.5) is 11.4 Å². The highest BCUT2D eigenvalue weighted by molar-refractivity contribution is 5.95. The molecule has 0 aliphatic rings. The Labute approximate surface area is 122 Å². The van der Waals surface area contributed by atoms with Crippen molar-refractivity contribution in [3.63, 3.8) is 0 Å². The van der Waals surface area contributed by atoms with Gasteiger partial charge in [0.25, 0.3) is 11.6 Å². The summed E-state index contributed by atoms with van der Waals surface area (Å²) in [7, 11) is 4.55. The van der Waals surface area contributed by atoms with Gasteiger partial charge in [0.1, 0.15) is 5.69 Å². The van der Waals surface area contributed by atoms with Gasteiger partial charge in [-0.1, -0.05) is 0 Å². The molecular formula is C13H19N3O5. The SMILES string of the molecule is CNC(=O)c1ccc(NCC(COC)OC)c([N+](=O)[O-])c1. The van der Waals surface area contributed by atoms with Gasteiger partial charge in [0, 0.05) is 39.4 Å². The number of nitro benzene ring substituents is 1. The molecule has 1 rings (SSSR count). The summed E-state index contributed by atoms with van der Waals surface area (Å²) >= 11 is 0. The van der Waals surface area contributed by atoms with Gasteiger partial charge in [0.2, 0.25) is 0 Å². The topological polar surface area (TPSA) is 103 Å². The quantitative estimate of drug-likeness (QED) is 0.548. The van der Waals surface area contributed by atoms with E-state index >= 15 is 0 Å². The molecule has 1 atom stereocenters. The molecule has 1 unspecified atom stereocenters. The average Bonchev–Trinajstić information content (AvgIpc) is 2.50. The zero-order chi connectivity index (χ0) is 15.8. The Kier molecular flexibility index (Phi) is 6.57. The third-order valence-corrected chi connectivity index (χ3v) is 2.89. The van der Waals surface area contributed by atoms with Gasteiger partial charge in [-0.15, -0.1) is 0 Å². The second-order valence-electron chi connectivity index (χ2n) is 4.26. The van der Waals surface area contributed by atoms with Crippen molar-refractivity contribution >= 4 is 17.3 Å². The van der Waals surface area contributed by atoms with Crippen molar-refractivity contribution < 1.29 is 19.2 Å². The van der Waals surface area contributed by atoms with Gasteiger partial charge in [-0.3, -0.25) is 14.9 Å². The van der Waals surface area contributed by atoms with E-state index in [0.29, 0.717) is 18.8 Å². The Morgan fingerprint density at radius 2 is 2.14 bits per heavy atom. The smallest absolute Gasteiger partial charge is 0.293 e. The number of nitro groups is 1. The van der Waals surface area contributed by atoms with Crippen LogP contribution in [-0.4, -0.2) is 51.4 Å². The maximum atomic E-state index is 11.5. The van der Waals surface area contributed by atoms with Crippen LogP contribution < -0.4 is 10.6 Å². The number of nitrogens with one attached hydrogen (secondary N) is 2. The number of hydrogen-bond donors (Lipinski definition) is 2. The van der Waals surface area contributed by atoms with Crippen molar-refractivity contribution in [1.82, 2.24) is 5.32 Å². The summed E-state index contributed by atoms with van der Waals surface area (Å²) in [5, 5.41) is 16.5. The molecule has 0 aliphatic carbocycles. The fourth-order valence-corrected chi connectivity index (χ4v) is 1.74. The van der Waals surface area contributed by atoms with E-state index in [1.807, 2.05) is 0 Å². The second kappa shape index (κ2) is 8.18. The highest BCUT2D eigenvalue weighted by Gasteiger charge is 2.18. The van der Waals surface area contributed by atoms with Crippen molar-refractivity contribution in [2.24, 2.45) is 0 Å². The Hall–Kier alpha value is -2.19. The lowest BCUT2D eigenvalue weighted by Crippen LogP contribution is -2.27. The summed E-state index contributed by atoms with van der Waals surface area (Å²) in [4.78, 5) is 22.1. The normalized spacial score (nSPS) is 11.8. The first-order chi connectivity index (χ1) is 10.0. The lowest BCUT2D eigenvalue weighted by Gasteiger charge is -2.16. The minimum absolute atomic E-state index is 0.164. The number of anilines is 1. The molecule has 2 N–H and O–H groups in total. The van der Waals surface area contributed by atoms with Crippen LogP contribution in [0.5, 0.6) is 0 Å². The largest absolute Gasteiger partial charge is 0.382 e. The first kappa shape index (κ1) is 16.9. The van der Waals surface area contributed by atoms with Crippen LogP contribution in [0.15, 0.2) is 18.2 Å². The van der Waals surface area contributed by atoms with E-state index in [1.165, 1.54) is 32.4 Å². The molecule has 116 valence electrons. The van der Waals surface area contributed by atoms with Crippen LogP contribution in [-0.2, 0) is 9.47 Å². The molecule has 0 aromatic heterocycles. The number of carbonyl (C=O) groups is 1. The van der Waals surface area contributed by atoms with Gasteiger partial charge in [-0.2, -0.15) is 0 Å². The van der Waals surface area contributed by atoms with Gasteiger partial charge in [-0.05, 0) is 12.1 Å². The summed E-state index contributed by atoms with van der Waals surface area (Å²) in [6, 6.07) is 4.26. The van der Waals surface area contributed by atoms with E-state index in [0.717, 1.165) is 0 Å². The molecule has 0 bridgehead atoms. The lowest BCUT2D eigenvalue weighted by molar-refractivity contribution is -0.384. The van der Waals surface area contributed by atoms with Crippen LogP contribution in [0.25, 0.3) is 0 Å². The molecule has 21 heavy (non-hydrogen) atoms. The number of hydrogen-bond acceptors (Lipinski definition) is 6. The third-order valence-electron chi connectivity index (χ3n) is 2.89. The molecule has 1 amide bonds. The van der Waals surface area contributed by atoms with E-state index in [1.54, 1.807) is 7.11 Å². The standard InChI is InChI=1S/C13H19N3O5/c1-14-13(17)9-4-5-11(12(6-9)16(18)19)15-7-10(21-3)8-20-2/h4-6,10,15H,7-8H2,1-3H3,(H,14,17). The van der Waals surface area contributed by atoms with Crippen molar-refractivity contribution in [3.05, 3.63) is 33.9 Å². The highest BCUT2D eigenvalue weighted by atomic mass is 16.6. The maximum absolute atomic E-state index is 11.5. The van der Waals surface area contributed by atoms with Gasteiger partial charge >= 0.3 is 0 Å². The first-order valence-corrected chi connectivity index (χ1v) is 6.29. The van der Waals surface area contributed by atoms with E-state index in [4.69, 9.17) is 9.47 Å². The lowest BCUT2D eigenvalue weighted by atomic mass is 10.1. The number of benzene rings is 1. The third kappa shape index (κ3) is 4.69. The Morgan fingerprint density at radius 3 is 2.67 bits per heavy atom. The van der Waals surface area contributed by atoms with Crippen LogP contribution in [0.1, 0.15) is 10.4 Å². The molecule has 8 heteroatoms. The minimum atomic E-state index is -0.535. The number of ether oxygens (including phenoxy) is 2. The van der Waals surface area contributed by atoms with Crippen LogP contribution in [0.2, 0.25) is 0 Å². The number of amides is 1. The summed E-state index contributed by atoms with van der Waals surface area (Å²) in [6.07, 6.45) is -0.228. The zero-order valence-electron chi connectivity index (χ0n) is 12.2. The van der Waals surface area contributed by atoms with Gasteiger partial charge in [0.05, 0.1) is 17.6 Å². The van der Waals surface area contributed by atoms with Crippen molar-refractivity contribution in [1.29, 1.82) is 0 Å². The number of rotatable bonds is 8. The first-order valence-electron chi connectivity index (χ1n) is 6.29. The minimum Gasteiger partial charge on any atom is -0.382 e. The fraction of sp³-hybridized carbons (Fsp3) is 0.462. The summed E-state index contributed by atoms with van der Waals surface area (Å²) in [5.74, 6) is -0.376. The van der Waals surface area contributed by atoms with Crippen molar-refractivity contribution in [2.75, 3.05) is 39.7 Å². The monoisotopic (exact) mass is 297 g/mol. The number of methoxy groups -OCH3 is 2. The predicted molar refractivity (Wildman–Crippen MR) is 77.6 cm³/mol. The van der Waals surface area contributed by atoms with E-state index in [9.17, 15) is 14.9 Å². The fourth-order valence-electron chi connectivity index (χ4n) is 1.74.